The minimum Gasteiger partial charge on any atom is -0.506 e. The number of rotatable bonds is 2. The highest BCUT2D eigenvalue weighted by Gasteiger charge is 2.22. The molecule has 0 aliphatic carbocycles. The Morgan fingerprint density at radius 1 is 1.13 bits per heavy atom. The second kappa shape index (κ2) is 6.70. The van der Waals surface area contributed by atoms with Gasteiger partial charge in [0.05, 0.1) is 11.2 Å². The van der Waals surface area contributed by atoms with Crippen LogP contribution in [0.3, 0.4) is 0 Å². The summed E-state index contributed by atoms with van der Waals surface area (Å²) in [5, 5.41) is 12.5. The summed E-state index contributed by atoms with van der Waals surface area (Å²) in [6.07, 6.45) is 2.91. The van der Waals surface area contributed by atoms with Crippen LogP contribution in [-0.2, 0) is 0 Å². The molecule has 1 fully saturated rings. The lowest BCUT2D eigenvalue weighted by Crippen LogP contribution is -2.50. The van der Waals surface area contributed by atoms with E-state index in [1.54, 1.807) is 23.2 Å². The van der Waals surface area contributed by atoms with Crippen LogP contribution >= 0.6 is 11.6 Å². The molecular formula is C15H18ClN5O2. The van der Waals surface area contributed by atoms with Crippen LogP contribution in [-0.4, -0.2) is 52.2 Å². The summed E-state index contributed by atoms with van der Waals surface area (Å²) in [7, 11) is 0. The molecule has 122 valence electrons. The molecule has 0 bridgehead atoms. The molecule has 23 heavy (non-hydrogen) atoms. The fourth-order valence-corrected chi connectivity index (χ4v) is 2.45. The number of amides is 2. The van der Waals surface area contributed by atoms with E-state index in [9.17, 15) is 9.90 Å². The van der Waals surface area contributed by atoms with E-state index in [0.29, 0.717) is 37.0 Å². The van der Waals surface area contributed by atoms with E-state index in [-0.39, 0.29) is 13.2 Å². The number of nitrogens with one attached hydrogen (secondary N) is 1. The number of nitrogens with zero attached hydrogens (tertiary/aromatic N) is 4. The Bertz CT molecular complexity index is 675. The Morgan fingerprint density at radius 3 is 2.52 bits per heavy atom. The normalized spacial score (nSPS) is 14.7. The molecule has 1 aliphatic rings. The molecule has 1 saturated heterocycles. The molecule has 3 heterocycles. The molecule has 8 heteroatoms. The van der Waals surface area contributed by atoms with Crippen molar-refractivity contribution in [3.63, 3.8) is 0 Å². The number of anilines is 2. The van der Waals surface area contributed by atoms with Crippen molar-refractivity contribution >= 4 is 29.3 Å². The first-order chi connectivity index (χ1) is 11.1. The Kier molecular flexibility index (Phi) is 4.47. The topological polar surface area (TPSA) is 81.6 Å². The Morgan fingerprint density at radius 2 is 1.91 bits per heavy atom. The molecule has 0 radical (unpaired) electrons. The van der Waals surface area contributed by atoms with Crippen molar-refractivity contribution in [2.45, 2.75) is 0 Å². The van der Waals surface area contributed by atoms with Crippen molar-refractivity contribution in [3.05, 3.63) is 41.7 Å². The summed E-state index contributed by atoms with van der Waals surface area (Å²) in [6.45, 7) is 2.58. The zero-order valence-electron chi connectivity index (χ0n) is 12.3. The molecular weight excluding hydrogens is 318 g/mol. The average Bonchev–Trinajstić information content (AvgIpc) is 2.58. The van der Waals surface area contributed by atoms with Crippen LogP contribution in [0.2, 0.25) is 5.02 Å². The molecule has 0 unspecified atom stereocenters. The van der Waals surface area contributed by atoms with E-state index in [2.05, 4.69) is 20.2 Å². The lowest BCUT2D eigenvalue weighted by Gasteiger charge is -2.35. The van der Waals surface area contributed by atoms with E-state index >= 15 is 0 Å². The molecule has 2 amide bonds. The minimum atomic E-state index is -0.202. The van der Waals surface area contributed by atoms with Gasteiger partial charge in [0.15, 0.2) is 0 Å². The second-order valence-corrected chi connectivity index (χ2v) is 5.58. The van der Waals surface area contributed by atoms with Crippen LogP contribution < -0.4 is 10.2 Å². The van der Waals surface area contributed by atoms with E-state index in [4.69, 9.17) is 11.6 Å². The molecule has 0 spiro atoms. The number of aromatic nitrogens is 2. The maximum Gasteiger partial charge on any atom is 0.323 e. The monoisotopic (exact) mass is 335 g/mol. The van der Waals surface area contributed by atoms with Crippen LogP contribution in [0.15, 0.2) is 36.7 Å². The first kappa shape index (κ1) is 15.4. The predicted molar refractivity (Wildman–Crippen MR) is 90.1 cm³/mol. The van der Waals surface area contributed by atoms with Gasteiger partial charge in [-0.05, 0) is 24.3 Å². The quantitative estimate of drug-likeness (QED) is 0.881. The standard InChI is InChI=1S/C15H16ClN5O2.H2/c16-11-1-4-14(18-9-11)20-5-7-21(8-6-20)15(23)19-13-3-2-12(22)10-17-13;/h1-4,9-10,22H,5-8H2,(H,17,19,23);1H. The fourth-order valence-electron chi connectivity index (χ4n) is 2.34. The molecule has 3 rings (SSSR count). The predicted octanol–water partition coefficient (Wildman–Crippen LogP) is 2.44. The van der Waals surface area contributed by atoms with E-state index < -0.39 is 0 Å². The van der Waals surface area contributed by atoms with Crippen molar-refractivity contribution in [2.75, 3.05) is 36.4 Å². The molecule has 1 aliphatic heterocycles. The zero-order valence-corrected chi connectivity index (χ0v) is 13.1. The zero-order chi connectivity index (χ0) is 16.2. The highest BCUT2D eigenvalue weighted by molar-refractivity contribution is 6.30. The smallest absolute Gasteiger partial charge is 0.323 e. The van der Waals surface area contributed by atoms with Gasteiger partial charge in [0.25, 0.3) is 0 Å². The third kappa shape index (κ3) is 3.81. The second-order valence-electron chi connectivity index (χ2n) is 5.14. The van der Waals surface area contributed by atoms with Gasteiger partial charge in [-0.2, -0.15) is 0 Å². The van der Waals surface area contributed by atoms with E-state index in [1.807, 2.05) is 6.07 Å². The molecule has 0 aromatic carbocycles. The van der Waals surface area contributed by atoms with Crippen molar-refractivity contribution in [3.8, 4) is 5.75 Å². The number of pyridine rings is 2. The van der Waals surface area contributed by atoms with E-state index in [0.717, 1.165) is 5.82 Å². The summed E-state index contributed by atoms with van der Waals surface area (Å²) < 4.78 is 0. The molecule has 0 saturated carbocycles. The molecule has 2 N–H and O–H groups in total. The Hall–Kier alpha value is -2.54. The van der Waals surface area contributed by atoms with Gasteiger partial charge in [-0.25, -0.2) is 14.8 Å². The number of hydrogen-bond donors (Lipinski definition) is 2. The summed E-state index contributed by atoms with van der Waals surface area (Å²) in [6, 6.07) is 6.51. The van der Waals surface area contributed by atoms with E-state index in [1.165, 1.54) is 12.3 Å². The summed E-state index contributed by atoms with van der Waals surface area (Å²) >= 11 is 5.84. The number of aromatic hydroxyl groups is 1. The summed E-state index contributed by atoms with van der Waals surface area (Å²) in [5.74, 6) is 1.33. The first-order valence-corrected chi connectivity index (χ1v) is 7.57. The molecule has 2 aromatic heterocycles. The van der Waals surface area contributed by atoms with Gasteiger partial charge in [-0.1, -0.05) is 11.6 Å². The summed E-state index contributed by atoms with van der Waals surface area (Å²) in [4.78, 5) is 24.3. The lowest BCUT2D eigenvalue weighted by molar-refractivity contribution is 0.208. The number of carbonyl (C=O) groups is 1. The van der Waals surface area contributed by atoms with Gasteiger partial charge in [0.2, 0.25) is 0 Å². The van der Waals surface area contributed by atoms with Crippen LogP contribution in [0.1, 0.15) is 1.43 Å². The largest absolute Gasteiger partial charge is 0.506 e. The maximum absolute atomic E-state index is 12.2. The van der Waals surface area contributed by atoms with Gasteiger partial charge >= 0.3 is 6.03 Å². The molecule has 2 aromatic rings. The number of urea groups is 1. The average molecular weight is 336 g/mol. The maximum atomic E-state index is 12.2. The fraction of sp³-hybridized carbons (Fsp3) is 0.267. The van der Waals surface area contributed by atoms with Crippen molar-refractivity contribution in [1.82, 2.24) is 14.9 Å². The summed E-state index contributed by atoms with van der Waals surface area (Å²) in [5.41, 5.74) is 0. The highest BCUT2D eigenvalue weighted by Crippen LogP contribution is 2.17. The SMILES string of the molecule is O=C(Nc1ccc(O)cn1)N1CCN(c2ccc(Cl)cn2)CC1.[HH]. The van der Waals surface area contributed by atoms with Crippen molar-refractivity contribution < 1.29 is 11.3 Å². The number of carbonyl (C=O) groups excluding carboxylic acids is 1. The number of piperazine rings is 1. The third-order valence-electron chi connectivity index (χ3n) is 3.59. The van der Waals surface area contributed by atoms with Crippen molar-refractivity contribution in [2.24, 2.45) is 0 Å². The van der Waals surface area contributed by atoms with Crippen LogP contribution in [0, 0.1) is 0 Å². The Labute approximate surface area is 140 Å². The Balaban J connectivity index is 0.00000208. The van der Waals surface area contributed by atoms with Gasteiger partial charge in [0, 0.05) is 33.8 Å². The van der Waals surface area contributed by atoms with Crippen LogP contribution in [0.5, 0.6) is 5.75 Å². The minimum absolute atomic E-state index is 0. The van der Waals surface area contributed by atoms with Crippen LogP contribution in [0.25, 0.3) is 0 Å². The highest BCUT2D eigenvalue weighted by atomic mass is 35.5. The van der Waals surface area contributed by atoms with Crippen LogP contribution in [0.4, 0.5) is 16.4 Å². The number of hydrogen-bond acceptors (Lipinski definition) is 5. The first-order valence-electron chi connectivity index (χ1n) is 7.19. The van der Waals surface area contributed by atoms with Crippen molar-refractivity contribution in [1.29, 1.82) is 0 Å². The van der Waals surface area contributed by atoms with Gasteiger partial charge in [-0.3, -0.25) is 5.32 Å². The van der Waals surface area contributed by atoms with Gasteiger partial charge in [-0.15, -0.1) is 0 Å². The molecule has 0 atom stereocenters. The third-order valence-corrected chi connectivity index (χ3v) is 3.81. The van der Waals surface area contributed by atoms with Gasteiger partial charge < -0.3 is 14.9 Å². The lowest BCUT2D eigenvalue weighted by atomic mass is 10.3. The molecule has 7 nitrogen and oxygen atoms in total. The van der Waals surface area contributed by atoms with Gasteiger partial charge in [0.1, 0.15) is 17.4 Å². The number of halogens is 1.